The highest BCUT2D eigenvalue weighted by Crippen LogP contribution is 2.24. The molecule has 2 amide bonds. The van der Waals surface area contributed by atoms with Gasteiger partial charge in [0, 0.05) is 36.8 Å². The fourth-order valence-corrected chi connectivity index (χ4v) is 2.26. The summed E-state index contributed by atoms with van der Waals surface area (Å²) in [5.74, 6) is -0.514. The van der Waals surface area contributed by atoms with Gasteiger partial charge >= 0.3 is 0 Å². The quantitative estimate of drug-likeness (QED) is 0.595. The van der Waals surface area contributed by atoms with Gasteiger partial charge in [0.25, 0.3) is 5.91 Å². The van der Waals surface area contributed by atoms with Gasteiger partial charge in [0.05, 0.1) is 5.56 Å². The number of pyridine rings is 1. The maximum Gasteiger partial charge on any atom is 0.276 e. The number of hydroxylamine groups is 1. The van der Waals surface area contributed by atoms with Crippen molar-refractivity contribution in [2.45, 2.75) is 33.7 Å². The van der Waals surface area contributed by atoms with Gasteiger partial charge in [0.1, 0.15) is 0 Å². The molecule has 1 aliphatic heterocycles. The average molecular weight is 277 g/mol. The van der Waals surface area contributed by atoms with Crippen molar-refractivity contribution in [3.63, 3.8) is 0 Å². The molecule has 0 fully saturated rings. The maximum atomic E-state index is 12.3. The largest absolute Gasteiger partial charge is 0.337 e. The zero-order valence-electron chi connectivity index (χ0n) is 11.9. The van der Waals surface area contributed by atoms with Gasteiger partial charge in [-0.15, -0.1) is 0 Å². The van der Waals surface area contributed by atoms with Crippen LogP contribution in [0.15, 0.2) is 12.3 Å². The van der Waals surface area contributed by atoms with Crippen LogP contribution >= 0.6 is 0 Å². The Labute approximate surface area is 117 Å². The summed E-state index contributed by atoms with van der Waals surface area (Å²) in [6, 6.07) is 1.68. The SMILES string of the molecule is CC(C)(C)C(=O)N1CCc2ncc(C(=O)NO)cc2C1. The zero-order valence-corrected chi connectivity index (χ0v) is 11.9. The van der Waals surface area contributed by atoms with Crippen LogP contribution in [0.3, 0.4) is 0 Å². The minimum Gasteiger partial charge on any atom is -0.337 e. The smallest absolute Gasteiger partial charge is 0.276 e. The molecule has 0 radical (unpaired) electrons. The van der Waals surface area contributed by atoms with Gasteiger partial charge in [-0.2, -0.15) is 0 Å². The average Bonchev–Trinajstić information content (AvgIpc) is 2.43. The fourth-order valence-electron chi connectivity index (χ4n) is 2.26. The molecule has 0 saturated heterocycles. The summed E-state index contributed by atoms with van der Waals surface area (Å²) < 4.78 is 0. The highest BCUT2D eigenvalue weighted by atomic mass is 16.5. The third-order valence-corrected chi connectivity index (χ3v) is 3.33. The molecule has 0 saturated carbocycles. The molecule has 6 heteroatoms. The second kappa shape index (κ2) is 5.20. The van der Waals surface area contributed by atoms with Crippen LogP contribution in [-0.2, 0) is 17.8 Å². The van der Waals surface area contributed by atoms with Crippen molar-refractivity contribution in [1.82, 2.24) is 15.4 Å². The van der Waals surface area contributed by atoms with Gasteiger partial charge in [0.15, 0.2) is 0 Å². The summed E-state index contributed by atoms with van der Waals surface area (Å²) in [5.41, 5.74) is 3.21. The first kappa shape index (κ1) is 14.5. The van der Waals surface area contributed by atoms with Crippen LogP contribution in [0.5, 0.6) is 0 Å². The number of aromatic nitrogens is 1. The third-order valence-electron chi connectivity index (χ3n) is 3.33. The molecule has 0 aliphatic carbocycles. The van der Waals surface area contributed by atoms with Gasteiger partial charge in [-0.25, -0.2) is 5.48 Å². The first-order valence-electron chi connectivity index (χ1n) is 6.54. The van der Waals surface area contributed by atoms with E-state index in [9.17, 15) is 9.59 Å². The molecule has 0 aromatic carbocycles. The van der Waals surface area contributed by atoms with Crippen LogP contribution in [0.4, 0.5) is 0 Å². The number of nitrogens with zero attached hydrogens (tertiary/aromatic N) is 2. The lowest BCUT2D eigenvalue weighted by molar-refractivity contribution is -0.140. The number of fused-ring (bicyclic) bond motifs is 1. The minimum atomic E-state index is -0.598. The van der Waals surface area contributed by atoms with Crippen LogP contribution in [0.2, 0.25) is 0 Å². The molecule has 2 N–H and O–H groups in total. The van der Waals surface area contributed by atoms with E-state index in [1.54, 1.807) is 16.4 Å². The lowest BCUT2D eigenvalue weighted by Gasteiger charge is -2.33. The van der Waals surface area contributed by atoms with E-state index in [1.807, 2.05) is 20.8 Å². The van der Waals surface area contributed by atoms with E-state index >= 15 is 0 Å². The molecule has 0 bridgehead atoms. The van der Waals surface area contributed by atoms with Gasteiger partial charge < -0.3 is 4.90 Å². The van der Waals surface area contributed by atoms with Crippen LogP contribution in [0, 0.1) is 5.41 Å². The Kier molecular flexibility index (Phi) is 3.76. The van der Waals surface area contributed by atoms with Gasteiger partial charge in [-0.1, -0.05) is 20.8 Å². The molecule has 108 valence electrons. The van der Waals surface area contributed by atoms with Crippen molar-refractivity contribution in [2.75, 3.05) is 6.54 Å². The standard InChI is InChI=1S/C14H19N3O3/c1-14(2,3)13(19)17-5-4-11-10(8-17)6-9(7-15-11)12(18)16-20/h6-7,20H,4-5,8H2,1-3H3,(H,16,18). The van der Waals surface area contributed by atoms with E-state index in [-0.39, 0.29) is 11.5 Å². The molecule has 2 heterocycles. The summed E-state index contributed by atoms with van der Waals surface area (Å²) in [5, 5.41) is 8.65. The molecular formula is C14H19N3O3. The molecule has 0 unspecified atom stereocenters. The van der Waals surface area contributed by atoms with Gasteiger partial charge in [-0.05, 0) is 11.6 Å². The van der Waals surface area contributed by atoms with Crippen molar-refractivity contribution in [3.8, 4) is 0 Å². The van der Waals surface area contributed by atoms with Gasteiger partial charge in [0.2, 0.25) is 5.91 Å². The Morgan fingerprint density at radius 1 is 1.40 bits per heavy atom. The molecular weight excluding hydrogens is 258 g/mol. The second-order valence-corrected chi connectivity index (χ2v) is 6.00. The van der Waals surface area contributed by atoms with E-state index in [2.05, 4.69) is 4.98 Å². The molecule has 2 rings (SSSR count). The molecule has 1 aromatic rings. The van der Waals surface area contributed by atoms with E-state index < -0.39 is 11.3 Å². The lowest BCUT2D eigenvalue weighted by atomic mass is 9.93. The monoisotopic (exact) mass is 277 g/mol. The van der Waals surface area contributed by atoms with Crippen molar-refractivity contribution in [2.24, 2.45) is 5.41 Å². The van der Waals surface area contributed by atoms with E-state index in [0.29, 0.717) is 19.5 Å². The summed E-state index contributed by atoms with van der Waals surface area (Å²) in [4.78, 5) is 29.7. The Morgan fingerprint density at radius 3 is 2.70 bits per heavy atom. The van der Waals surface area contributed by atoms with Crippen LogP contribution in [0.25, 0.3) is 0 Å². The lowest BCUT2D eigenvalue weighted by Crippen LogP contribution is -2.42. The van der Waals surface area contributed by atoms with Crippen molar-refractivity contribution in [3.05, 3.63) is 29.1 Å². The Hall–Kier alpha value is -1.95. The van der Waals surface area contributed by atoms with E-state index in [4.69, 9.17) is 5.21 Å². The summed E-state index contributed by atoms with van der Waals surface area (Å²) in [6.07, 6.45) is 2.11. The Morgan fingerprint density at radius 2 is 2.10 bits per heavy atom. The zero-order chi connectivity index (χ0) is 14.9. The topological polar surface area (TPSA) is 82.5 Å². The second-order valence-electron chi connectivity index (χ2n) is 6.00. The predicted molar refractivity (Wildman–Crippen MR) is 72.1 cm³/mol. The van der Waals surface area contributed by atoms with E-state index in [0.717, 1.165) is 11.3 Å². The summed E-state index contributed by atoms with van der Waals surface area (Å²) >= 11 is 0. The number of amides is 2. The first-order valence-corrected chi connectivity index (χ1v) is 6.54. The highest BCUT2D eigenvalue weighted by Gasteiger charge is 2.30. The molecule has 0 atom stereocenters. The Balaban J connectivity index is 2.24. The molecule has 20 heavy (non-hydrogen) atoms. The van der Waals surface area contributed by atoms with Crippen LogP contribution in [-0.4, -0.2) is 33.5 Å². The van der Waals surface area contributed by atoms with Crippen molar-refractivity contribution < 1.29 is 14.8 Å². The molecule has 1 aromatic heterocycles. The third kappa shape index (κ3) is 2.80. The predicted octanol–water partition coefficient (Wildman–Crippen LogP) is 1.13. The van der Waals surface area contributed by atoms with Gasteiger partial charge in [-0.3, -0.25) is 19.8 Å². The van der Waals surface area contributed by atoms with E-state index in [1.165, 1.54) is 6.20 Å². The molecule has 0 spiro atoms. The Bertz CT molecular complexity index is 549. The molecule has 1 aliphatic rings. The van der Waals surface area contributed by atoms with Crippen LogP contribution in [0.1, 0.15) is 42.4 Å². The van der Waals surface area contributed by atoms with Crippen molar-refractivity contribution >= 4 is 11.8 Å². The fraction of sp³-hybridized carbons (Fsp3) is 0.500. The maximum absolute atomic E-state index is 12.3. The number of hydrogen-bond donors (Lipinski definition) is 2. The summed E-state index contributed by atoms with van der Waals surface area (Å²) in [6.45, 7) is 6.75. The number of hydrogen-bond acceptors (Lipinski definition) is 4. The normalized spacial score (nSPS) is 14.7. The number of carbonyl (C=O) groups is 2. The summed E-state index contributed by atoms with van der Waals surface area (Å²) in [7, 11) is 0. The first-order chi connectivity index (χ1) is 9.32. The number of carbonyl (C=O) groups excluding carboxylic acids is 2. The van der Waals surface area contributed by atoms with Crippen LogP contribution < -0.4 is 5.48 Å². The minimum absolute atomic E-state index is 0.0835. The number of rotatable bonds is 1. The number of nitrogens with one attached hydrogen (secondary N) is 1. The molecule has 6 nitrogen and oxygen atoms in total. The highest BCUT2D eigenvalue weighted by molar-refractivity contribution is 5.93. The van der Waals surface area contributed by atoms with Crippen molar-refractivity contribution in [1.29, 1.82) is 0 Å².